The predicted octanol–water partition coefficient (Wildman–Crippen LogP) is 4.45. The molecular formula is C49H67N6O12S2+. The van der Waals surface area contributed by atoms with Crippen molar-refractivity contribution < 1.29 is 59.6 Å². The Morgan fingerprint density at radius 3 is 2.06 bits per heavy atom. The fraction of sp³-hybridized carbons (Fsp3) is 0.510. The molecule has 20 heteroatoms. The average molecular weight is 996 g/mol. The summed E-state index contributed by atoms with van der Waals surface area (Å²) in [5, 5.41) is 18.8. The second kappa shape index (κ2) is 22.4. The highest BCUT2D eigenvalue weighted by molar-refractivity contribution is 7.86. The first-order valence-electron chi connectivity index (χ1n) is 23.3. The van der Waals surface area contributed by atoms with E-state index in [9.17, 15) is 49.9 Å². The van der Waals surface area contributed by atoms with Gasteiger partial charge in [0.1, 0.15) is 30.6 Å². The highest BCUT2D eigenvalue weighted by Gasteiger charge is 2.47. The summed E-state index contributed by atoms with van der Waals surface area (Å²) in [7, 11) is -7.85. The van der Waals surface area contributed by atoms with Crippen LogP contribution in [0.2, 0.25) is 0 Å². The van der Waals surface area contributed by atoms with Crippen molar-refractivity contribution in [1.29, 1.82) is 0 Å². The molecule has 2 aliphatic heterocycles. The van der Waals surface area contributed by atoms with Gasteiger partial charge in [-0.3, -0.25) is 33.1 Å². The molecule has 0 radical (unpaired) electrons. The number of anilines is 1. The van der Waals surface area contributed by atoms with Crippen LogP contribution in [0.15, 0.2) is 83.2 Å². The van der Waals surface area contributed by atoms with E-state index in [1.807, 2.05) is 94.8 Å². The smallest absolute Gasteiger partial charge is 0.303 e. The lowest BCUT2D eigenvalue weighted by Crippen LogP contribution is -2.55. The number of nitrogens with one attached hydrogen (secondary N) is 4. The summed E-state index contributed by atoms with van der Waals surface area (Å²) in [5.74, 6) is -6.86. The molecular weight excluding hydrogens is 929 g/mol. The molecule has 69 heavy (non-hydrogen) atoms. The van der Waals surface area contributed by atoms with Crippen molar-refractivity contribution in [3.63, 3.8) is 0 Å². The molecule has 0 bridgehead atoms. The maximum Gasteiger partial charge on any atom is 0.303 e. The molecule has 3 amide bonds. The molecule has 0 fully saturated rings. The van der Waals surface area contributed by atoms with Crippen LogP contribution >= 0.6 is 0 Å². The topological polar surface area (TPSA) is 269 Å². The summed E-state index contributed by atoms with van der Waals surface area (Å²) >= 11 is 0. The molecule has 2 aromatic carbocycles. The number of amides is 3. The molecule has 7 N–H and O–H groups in total. The number of carboxylic acids is 1. The normalized spacial score (nSPS) is 18.6. The molecule has 5 rings (SSSR count). The number of carbonyl (C=O) groups is 5. The molecule has 18 nitrogen and oxygen atoms in total. The molecule has 3 aliphatic rings. The molecule has 0 spiro atoms. The lowest BCUT2D eigenvalue weighted by atomic mass is 9.77. The zero-order chi connectivity index (χ0) is 51.1. The number of rotatable bonds is 25. The number of aliphatic carboxylic acids is 1. The third-order valence-corrected chi connectivity index (χ3v) is 14.5. The van der Waals surface area contributed by atoms with E-state index in [1.54, 1.807) is 12.2 Å². The number of fused-ring (bicyclic) bond motifs is 2. The Hall–Kier alpha value is -5.70. The van der Waals surface area contributed by atoms with Crippen LogP contribution in [-0.2, 0) is 55.0 Å². The van der Waals surface area contributed by atoms with Gasteiger partial charge in [-0.25, -0.2) is 0 Å². The number of Topliss-reactive ketones (excluding diaryl/α,β-unsaturated/α-hetero) is 1. The quantitative estimate of drug-likeness (QED) is 0.0314. The van der Waals surface area contributed by atoms with E-state index in [0.29, 0.717) is 32.2 Å². The van der Waals surface area contributed by atoms with Crippen molar-refractivity contribution in [3.8, 4) is 0 Å². The molecule has 2 heterocycles. The molecule has 2 aromatic rings. The number of carboxylic acid groups (broad SMARTS) is 1. The summed E-state index contributed by atoms with van der Waals surface area (Å²) in [4.78, 5) is 67.9. The van der Waals surface area contributed by atoms with Crippen molar-refractivity contribution >= 4 is 66.8 Å². The number of ketones is 1. The Morgan fingerprint density at radius 2 is 1.42 bits per heavy atom. The minimum absolute atomic E-state index is 0.0378. The van der Waals surface area contributed by atoms with E-state index in [0.717, 1.165) is 53.2 Å². The number of allylic oxidation sites excluding steroid dienone is 5. The molecule has 0 saturated heterocycles. The second-order valence-electron chi connectivity index (χ2n) is 19.2. The fourth-order valence-corrected chi connectivity index (χ4v) is 10.5. The number of para-hydroxylation sites is 2. The first-order valence-corrected chi connectivity index (χ1v) is 26.5. The van der Waals surface area contributed by atoms with Crippen LogP contribution < -0.4 is 26.2 Å². The van der Waals surface area contributed by atoms with Crippen LogP contribution in [-0.4, -0.2) is 121 Å². The van der Waals surface area contributed by atoms with Crippen LogP contribution in [0.25, 0.3) is 0 Å². The highest BCUT2D eigenvalue weighted by atomic mass is 32.2. The SMILES string of the molecule is CCCCCN1/C(=C/C2=C(NC(CS(=O)(=O)O)C(=O)NCC(=O)NC(CS(=O)(=O)O)C(=O)NCC(C)CCCCCC(=O)O)C(=C/C3=[N+](C)c4ccccc4C3(C)C)/C2=O)C(C)(C)c2ccccc21. The average Bonchev–Trinajstić information content (AvgIpc) is 3.60. The minimum atomic E-state index is -4.91. The Morgan fingerprint density at radius 1 is 0.797 bits per heavy atom. The van der Waals surface area contributed by atoms with Crippen LogP contribution in [0.1, 0.15) is 104 Å². The summed E-state index contributed by atoms with van der Waals surface area (Å²) in [5.41, 5.74) is 4.77. The number of benzene rings is 2. The maximum absolute atomic E-state index is 14.6. The number of carbonyl (C=O) groups excluding carboxylic acids is 4. The Labute approximate surface area is 405 Å². The largest absolute Gasteiger partial charge is 0.481 e. The second-order valence-corrected chi connectivity index (χ2v) is 22.2. The van der Waals surface area contributed by atoms with Crippen molar-refractivity contribution in [2.45, 2.75) is 116 Å². The molecule has 376 valence electrons. The lowest BCUT2D eigenvalue weighted by molar-refractivity contribution is -0.401. The van der Waals surface area contributed by atoms with Crippen molar-refractivity contribution in [2.75, 3.05) is 43.1 Å². The van der Waals surface area contributed by atoms with E-state index in [1.165, 1.54) is 0 Å². The molecule has 1 aliphatic carbocycles. The molecule has 3 atom stereocenters. The van der Waals surface area contributed by atoms with E-state index in [-0.39, 0.29) is 41.5 Å². The van der Waals surface area contributed by atoms with Crippen LogP contribution in [0, 0.1) is 5.92 Å². The molecule has 0 saturated carbocycles. The van der Waals surface area contributed by atoms with E-state index in [4.69, 9.17) is 5.11 Å². The van der Waals surface area contributed by atoms with Crippen molar-refractivity contribution in [2.24, 2.45) is 5.92 Å². The van der Waals surface area contributed by atoms with Gasteiger partial charge < -0.3 is 31.3 Å². The number of nitrogens with zero attached hydrogens (tertiary/aromatic N) is 2. The van der Waals surface area contributed by atoms with E-state index in [2.05, 4.69) is 33.1 Å². The summed E-state index contributed by atoms with van der Waals surface area (Å²) in [6.07, 6.45) is 8.77. The van der Waals surface area contributed by atoms with E-state index >= 15 is 0 Å². The van der Waals surface area contributed by atoms with Gasteiger partial charge in [-0.15, -0.1) is 0 Å². The number of hydrogen-bond donors (Lipinski definition) is 7. The Balaban J connectivity index is 1.45. The van der Waals surface area contributed by atoms with Crippen molar-refractivity contribution in [1.82, 2.24) is 21.3 Å². The van der Waals surface area contributed by atoms with Crippen LogP contribution in [0.4, 0.5) is 11.4 Å². The van der Waals surface area contributed by atoms with Gasteiger partial charge in [0, 0.05) is 59.6 Å². The van der Waals surface area contributed by atoms with Gasteiger partial charge in [-0.1, -0.05) is 89.8 Å². The van der Waals surface area contributed by atoms with Gasteiger partial charge in [-0.2, -0.15) is 21.4 Å². The molecule has 0 aromatic heterocycles. The third kappa shape index (κ3) is 13.5. The maximum atomic E-state index is 14.6. The molecule has 3 unspecified atom stereocenters. The van der Waals surface area contributed by atoms with Crippen LogP contribution in [0.3, 0.4) is 0 Å². The lowest BCUT2D eigenvalue weighted by Gasteiger charge is -2.32. The number of hydrogen-bond acceptors (Lipinski definition) is 11. The fourth-order valence-electron chi connectivity index (χ4n) is 9.22. The summed E-state index contributed by atoms with van der Waals surface area (Å²) in [6.45, 7) is 11.9. The third-order valence-electron chi connectivity index (χ3n) is 13.0. The summed E-state index contributed by atoms with van der Waals surface area (Å²) < 4.78 is 70.6. The van der Waals surface area contributed by atoms with Gasteiger partial charge in [0.2, 0.25) is 23.4 Å². The van der Waals surface area contributed by atoms with Gasteiger partial charge >= 0.3 is 5.97 Å². The highest BCUT2D eigenvalue weighted by Crippen LogP contribution is 2.49. The summed E-state index contributed by atoms with van der Waals surface area (Å²) in [6, 6.07) is 12.2. The van der Waals surface area contributed by atoms with Gasteiger partial charge in [0.15, 0.2) is 11.5 Å². The zero-order valence-corrected chi connectivity index (χ0v) is 42.1. The monoisotopic (exact) mass is 995 g/mol. The number of unbranched alkanes of at least 4 members (excludes halogenated alkanes) is 4. The Kier molecular flexibility index (Phi) is 17.6. The minimum Gasteiger partial charge on any atom is -0.481 e. The predicted molar refractivity (Wildman–Crippen MR) is 262 cm³/mol. The van der Waals surface area contributed by atoms with Crippen LogP contribution in [0.5, 0.6) is 0 Å². The standard InChI is InChI=1S/C49H66N6O12S2/c1-8-9-17-24-55-39-22-16-14-20-35(39)49(5,6)41(55)26-33-44(32(45(33)59)25-40-48(3,4)34-19-13-15-21-38(34)54(40)7)53-37(30-69(65,66)67)47(61)51-28-42(56)52-36(29-68(62,63)64)46(60)50-27-31(2)18-11-10-12-23-43(57)58/h13-16,19-22,25-26,31,36-37H,8-12,17-18,23-24,27-30H2,1-7H3,(H6-,50,51,52,53,56,57,58,59,60,61,62,63,64,65,66,67)/p+1. The van der Waals surface area contributed by atoms with Gasteiger partial charge in [0.05, 0.1) is 23.2 Å². The Bertz CT molecular complexity index is 2690. The van der Waals surface area contributed by atoms with Gasteiger partial charge in [-0.05, 0) is 56.7 Å². The first kappa shape index (κ1) is 54.2. The first-order chi connectivity index (χ1) is 32.3. The van der Waals surface area contributed by atoms with Gasteiger partial charge in [0.25, 0.3) is 20.2 Å². The van der Waals surface area contributed by atoms with Crippen molar-refractivity contribution in [3.05, 3.63) is 94.4 Å². The van der Waals surface area contributed by atoms with E-state index < -0.39 is 84.9 Å². The zero-order valence-electron chi connectivity index (χ0n) is 40.4.